The number of ether oxygens (including phenoxy) is 2. The van der Waals surface area contributed by atoms with Crippen LogP contribution in [-0.2, 0) is 11.3 Å². The molecule has 1 fully saturated rings. The lowest BCUT2D eigenvalue weighted by Crippen LogP contribution is -2.07. The van der Waals surface area contributed by atoms with Crippen molar-refractivity contribution < 1.29 is 18.8 Å². The van der Waals surface area contributed by atoms with Crippen molar-refractivity contribution in [2.75, 3.05) is 7.11 Å². The van der Waals surface area contributed by atoms with Crippen molar-refractivity contribution in [2.24, 2.45) is 0 Å². The first-order valence-electron chi connectivity index (χ1n) is 8.89. The minimum atomic E-state index is -0.379. The van der Waals surface area contributed by atoms with Crippen LogP contribution in [0, 0.1) is 13.8 Å². The summed E-state index contributed by atoms with van der Waals surface area (Å²) in [5.74, 6) is 0.997. The number of aryl methyl sites for hydroxylation is 1. The van der Waals surface area contributed by atoms with Crippen molar-refractivity contribution in [1.29, 1.82) is 0 Å². The molecule has 140 valence electrons. The summed E-state index contributed by atoms with van der Waals surface area (Å²) in [6, 6.07) is 9.76. The van der Waals surface area contributed by atoms with Crippen LogP contribution in [0.15, 0.2) is 34.9 Å². The average Bonchev–Trinajstić information content (AvgIpc) is 3.31. The lowest BCUT2D eigenvalue weighted by molar-refractivity contribution is 0.0429. The summed E-state index contributed by atoms with van der Waals surface area (Å²) >= 11 is 0. The SMILES string of the molecule is COc1cccc(-c2noc(COC(=O)c3cc(C)n(C4CC4)c3C)n2)c1. The first kappa shape index (κ1) is 17.3. The maximum Gasteiger partial charge on any atom is 0.340 e. The quantitative estimate of drug-likeness (QED) is 0.616. The standard InChI is InChI=1S/C20H21N3O4/c1-12-9-17(13(2)23(12)15-7-8-15)20(24)26-11-18-21-19(22-27-18)14-5-4-6-16(10-14)25-3/h4-6,9-10,15H,7-8,11H2,1-3H3. The Kier molecular flexibility index (Phi) is 4.43. The summed E-state index contributed by atoms with van der Waals surface area (Å²) in [7, 11) is 1.60. The van der Waals surface area contributed by atoms with Gasteiger partial charge in [-0.1, -0.05) is 17.3 Å². The molecule has 0 bridgehead atoms. The molecular weight excluding hydrogens is 346 g/mol. The Morgan fingerprint density at radius 3 is 2.85 bits per heavy atom. The number of carbonyl (C=O) groups excluding carboxylic acids is 1. The number of rotatable bonds is 6. The van der Waals surface area contributed by atoms with Crippen LogP contribution < -0.4 is 4.74 Å². The first-order chi connectivity index (χ1) is 13.1. The summed E-state index contributed by atoms with van der Waals surface area (Å²) in [4.78, 5) is 16.8. The highest BCUT2D eigenvalue weighted by atomic mass is 16.6. The monoisotopic (exact) mass is 367 g/mol. The van der Waals surface area contributed by atoms with E-state index in [2.05, 4.69) is 14.7 Å². The maximum absolute atomic E-state index is 12.5. The molecule has 7 heteroatoms. The second-order valence-electron chi connectivity index (χ2n) is 6.71. The number of hydrogen-bond acceptors (Lipinski definition) is 6. The highest BCUT2D eigenvalue weighted by Crippen LogP contribution is 2.38. The van der Waals surface area contributed by atoms with Crippen LogP contribution in [0.1, 0.15) is 46.5 Å². The summed E-state index contributed by atoms with van der Waals surface area (Å²) < 4.78 is 18.0. The Balaban J connectivity index is 1.44. The van der Waals surface area contributed by atoms with Crippen LogP contribution in [-0.4, -0.2) is 27.8 Å². The number of benzene rings is 1. The molecule has 0 saturated heterocycles. The molecule has 2 aromatic heterocycles. The number of nitrogens with zero attached hydrogens (tertiary/aromatic N) is 3. The van der Waals surface area contributed by atoms with E-state index >= 15 is 0 Å². The topological polar surface area (TPSA) is 79.4 Å². The first-order valence-corrected chi connectivity index (χ1v) is 8.89. The van der Waals surface area contributed by atoms with E-state index in [0.717, 1.165) is 17.0 Å². The van der Waals surface area contributed by atoms with E-state index in [1.807, 2.05) is 44.2 Å². The van der Waals surface area contributed by atoms with Gasteiger partial charge in [-0.2, -0.15) is 4.98 Å². The molecule has 0 atom stereocenters. The second-order valence-corrected chi connectivity index (χ2v) is 6.71. The summed E-state index contributed by atoms with van der Waals surface area (Å²) in [5, 5.41) is 3.94. The molecule has 0 amide bonds. The van der Waals surface area contributed by atoms with Gasteiger partial charge in [0.05, 0.1) is 12.7 Å². The molecule has 27 heavy (non-hydrogen) atoms. The van der Waals surface area contributed by atoms with Crippen LogP contribution in [0.4, 0.5) is 0 Å². The molecule has 0 N–H and O–H groups in total. The number of esters is 1. The van der Waals surface area contributed by atoms with E-state index in [1.54, 1.807) is 7.11 Å². The maximum atomic E-state index is 12.5. The van der Waals surface area contributed by atoms with Gasteiger partial charge in [0.25, 0.3) is 5.89 Å². The zero-order valence-corrected chi connectivity index (χ0v) is 15.6. The van der Waals surface area contributed by atoms with Gasteiger partial charge in [-0.15, -0.1) is 0 Å². The molecule has 1 aliphatic rings. The van der Waals surface area contributed by atoms with Gasteiger partial charge in [0.15, 0.2) is 6.61 Å². The lowest BCUT2D eigenvalue weighted by Gasteiger charge is -2.07. The Morgan fingerprint density at radius 1 is 1.30 bits per heavy atom. The van der Waals surface area contributed by atoms with Gasteiger partial charge >= 0.3 is 5.97 Å². The molecule has 0 spiro atoms. The predicted octanol–water partition coefficient (Wildman–Crippen LogP) is 3.86. The van der Waals surface area contributed by atoms with Crippen molar-refractivity contribution in [1.82, 2.24) is 14.7 Å². The molecule has 0 radical (unpaired) electrons. The van der Waals surface area contributed by atoms with Crippen LogP contribution in [0.2, 0.25) is 0 Å². The normalized spacial score (nSPS) is 13.6. The highest BCUT2D eigenvalue weighted by Gasteiger charge is 2.28. The lowest BCUT2D eigenvalue weighted by atomic mass is 10.2. The van der Waals surface area contributed by atoms with Gasteiger partial charge in [0, 0.05) is 23.0 Å². The number of carbonyl (C=O) groups is 1. The fourth-order valence-electron chi connectivity index (χ4n) is 3.28. The minimum Gasteiger partial charge on any atom is -0.497 e. The van der Waals surface area contributed by atoms with Gasteiger partial charge in [0.2, 0.25) is 5.82 Å². The average molecular weight is 367 g/mol. The summed E-state index contributed by atoms with van der Waals surface area (Å²) in [5.41, 5.74) is 3.39. The van der Waals surface area contributed by atoms with Crippen molar-refractivity contribution >= 4 is 5.97 Å². The second kappa shape index (κ2) is 6.90. The van der Waals surface area contributed by atoms with E-state index in [0.29, 0.717) is 23.2 Å². The van der Waals surface area contributed by atoms with E-state index in [1.165, 1.54) is 12.8 Å². The molecule has 1 saturated carbocycles. The zero-order valence-electron chi connectivity index (χ0n) is 15.6. The van der Waals surface area contributed by atoms with Gasteiger partial charge in [-0.3, -0.25) is 0 Å². The van der Waals surface area contributed by atoms with Crippen LogP contribution in [0.5, 0.6) is 5.75 Å². The third kappa shape index (κ3) is 3.45. The molecule has 4 rings (SSSR count). The van der Waals surface area contributed by atoms with Crippen molar-refractivity contribution in [3.8, 4) is 17.1 Å². The van der Waals surface area contributed by atoms with Gasteiger partial charge in [-0.25, -0.2) is 4.79 Å². The highest BCUT2D eigenvalue weighted by molar-refractivity contribution is 5.91. The molecule has 0 aliphatic heterocycles. The number of aromatic nitrogens is 3. The van der Waals surface area contributed by atoms with E-state index < -0.39 is 0 Å². The van der Waals surface area contributed by atoms with Crippen molar-refractivity contribution in [3.63, 3.8) is 0 Å². The smallest absolute Gasteiger partial charge is 0.340 e. The Labute approximate surface area is 156 Å². The Hall–Kier alpha value is -3.09. The molecule has 7 nitrogen and oxygen atoms in total. The molecule has 1 aliphatic carbocycles. The third-order valence-electron chi connectivity index (χ3n) is 4.74. The van der Waals surface area contributed by atoms with E-state index in [4.69, 9.17) is 14.0 Å². The van der Waals surface area contributed by atoms with Crippen LogP contribution in [0.25, 0.3) is 11.4 Å². The number of methoxy groups -OCH3 is 1. The Morgan fingerprint density at radius 2 is 2.11 bits per heavy atom. The summed E-state index contributed by atoms with van der Waals surface area (Å²) in [6.45, 7) is 3.90. The fourth-order valence-corrected chi connectivity index (χ4v) is 3.28. The minimum absolute atomic E-state index is 0.0666. The molecule has 0 unspecified atom stereocenters. The van der Waals surface area contributed by atoms with Crippen LogP contribution in [0.3, 0.4) is 0 Å². The number of hydrogen-bond donors (Lipinski definition) is 0. The fraction of sp³-hybridized carbons (Fsp3) is 0.350. The van der Waals surface area contributed by atoms with Crippen LogP contribution >= 0.6 is 0 Å². The van der Waals surface area contributed by atoms with E-state index in [-0.39, 0.29) is 18.5 Å². The molecule has 2 heterocycles. The van der Waals surface area contributed by atoms with Gasteiger partial charge < -0.3 is 18.6 Å². The molecular formula is C20H21N3O4. The molecule has 1 aromatic carbocycles. The van der Waals surface area contributed by atoms with Gasteiger partial charge in [-0.05, 0) is 44.9 Å². The predicted molar refractivity (Wildman–Crippen MR) is 97.6 cm³/mol. The zero-order chi connectivity index (χ0) is 19.0. The molecule has 3 aromatic rings. The Bertz CT molecular complexity index is 985. The summed E-state index contributed by atoms with van der Waals surface area (Å²) in [6.07, 6.45) is 2.33. The third-order valence-corrected chi connectivity index (χ3v) is 4.74. The van der Waals surface area contributed by atoms with Crippen molar-refractivity contribution in [3.05, 3.63) is 53.2 Å². The van der Waals surface area contributed by atoms with Gasteiger partial charge in [0.1, 0.15) is 5.75 Å². The van der Waals surface area contributed by atoms with E-state index in [9.17, 15) is 4.79 Å². The largest absolute Gasteiger partial charge is 0.497 e. The van der Waals surface area contributed by atoms with Crippen molar-refractivity contribution in [2.45, 2.75) is 39.3 Å².